The van der Waals surface area contributed by atoms with Gasteiger partial charge in [-0.2, -0.15) is 0 Å². The molecule has 7 nitrogen and oxygen atoms in total. The van der Waals surface area contributed by atoms with Crippen LogP contribution >= 0.6 is 0 Å². The lowest BCUT2D eigenvalue weighted by Gasteiger charge is -2.27. The molecule has 0 aromatic carbocycles. The summed E-state index contributed by atoms with van der Waals surface area (Å²) in [5.41, 5.74) is 0.307. The van der Waals surface area contributed by atoms with Crippen molar-refractivity contribution in [1.29, 1.82) is 0 Å². The molecule has 2 rings (SSSR count). The van der Waals surface area contributed by atoms with E-state index < -0.39 is 21.0 Å². The molecule has 8 heteroatoms. The molecule has 1 atom stereocenters. The van der Waals surface area contributed by atoms with Crippen LogP contribution in [0.4, 0.5) is 0 Å². The normalized spacial score (nSPS) is 24.0. The van der Waals surface area contributed by atoms with Crippen molar-refractivity contribution in [2.75, 3.05) is 6.26 Å². The zero-order valence-electron chi connectivity index (χ0n) is 11.9. The van der Waals surface area contributed by atoms with Crippen LogP contribution in [0.3, 0.4) is 0 Å². The summed E-state index contributed by atoms with van der Waals surface area (Å²) in [4.78, 5) is 10.5. The van der Waals surface area contributed by atoms with E-state index in [0.717, 1.165) is 31.9 Å². The first-order chi connectivity index (χ1) is 9.85. The Hall–Kier alpha value is -1.57. The Kier molecular flexibility index (Phi) is 4.87. The maximum Gasteiger partial charge on any atom is 0.238 e. The highest BCUT2D eigenvalue weighted by atomic mass is 32.2. The Bertz CT molecular complexity index is 561. The van der Waals surface area contributed by atoms with E-state index in [-0.39, 0.29) is 12.5 Å². The molecule has 1 unspecified atom stereocenters. The third-order valence-electron chi connectivity index (χ3n) is 3.61. The lowest BCUT2D eigenvalue weighted by molar-refractivity contribution is -0.509. The van der Waals surface area contributed by atoms with Gasteiger partial charge >= 0.3 is 0 Å². The topological polar surface area (TPSA) is 98.5 Å². The molecular weight excluding hydrogens is 296 g/mol. The first-order valence-corrected chi connectivity index (χ1v) is 8.93. The van der Waals surface area contributed by atoms with Gasteiger partial charge in [0, 0.05) is 4.92 Å². The van der Waals surface area contributed by atoms with Crippen LogP contribution in [0.15, 0.2) is 23.6 Å². The molecule has 0 saturated heterocycles. The van der Waals surface area contributed by atoms with E-state index in [4.69, 9.17) is 4.74 Å². The lowest BCUT2D eigenvalue weighted by Crippen LogP contribution is -2.30. The summed E-state index contributed by atoms with van der Waals surface area (Å²) < 4.78 is 31.0. The monoisotopic (exact) mass is 316 g/mol. The molecule has 1 fully saturated rings. The van der Waals surface area contributed by atoms with Crippen LogP contribution in [0.5, 0.6) is 0 Å². The van der Waals surface area contributed by atoms with Gasteiger partial charge in [0.25, 0.3) is 0 Å². The van der Waals surface area contributed by atoms with Crippen molar-refractivity contribution in [3.8, 4) is 0 Å². The van der Waals surface area contributed by atoms with Crippen molar-refractivity contribution in [2.24, 2.45) is 0 Å². The van der Waals surface area contributed by atoms with E-state index in [1.54, 1.807) is 0 Å². The first kappa shape index (κ1) is 15.8. The number of sulfonamides is 1. The molecule has 2 aliphatic rings. The van der Waals surface area contributed by atoms with Gasteiger partial charge in [-0.15, -0.1) is 0 Å². The molecule has 0 aromatic heterocycles. The van der Waals surface area contributed by atoms with Gasteiger partial charge in [0.2, 0.25) is 16.1 Å². The Morgan fingerprint density at radius 3 is 2.57 bits per heavy atom. The summed E-state index contributed by atoms with van der Waals surface area (Å²) in [6.07, 6.45) is 9.09. The maximum atomic E-state index is 11.4. The molecule has 0 aliphatic heterocycles. The number of hydrogen-bond acceptors (Lipinski definition) is 5. The van der Waals surface area contributed by atoms with E-state index in [2.05, 4.69) is 4.72 Å². The Morgan fingerprint density at radius 1 is 1.33 bits per heavy atom. The van der Waals surface area contributed by atoms with Crippen LogP contribution in [-0.2, 0) is 14.8 Å². The van der Waals surface area contributed by atoms with Gasteiger partial charge < -0.3 is 4.74 Å². The van der Waals surface area contributed by atoms with Crippen molar-refractivity contribution < 1.29 is 18.1 Å². The minimum atomic E-state index is -3.44. The maximum absolute atomic E-state index is 11.4. The predicted molar refractivity (Wildman–Crippen MR) is 77.5 cm³/mol. The van der Waals surface area contributed by atoms with Crippen LogP contribution in [-0.4, -0.2) is 31.7 Å². The van der Waals surface area contributed by atoms with Gasteiger partial charge in [-0.05, 0) is 37.8 Å². The number of rotatable bonds is 5. The standard InChI is InChI=1S/C13H20N2O5S/c1-21(18,19)14-12-8-7-10(15(16)17)9-13(12)20-11-5-3-2-4-6-11/h7-8,10-11,14H,2-6,9H2,1H3. The van der Waals surface area contributed by atoms with E-state index >= 15 is 0 Å². The third kappa shape index (κ3) is 4.73. The highest BCUT2D eigenvalue weighted by Crippen LogP contribution is 2.28. The average molecular weight is 316 g/mol. The van der Waals surface area contributed by atoms with Gasteiger partial charge in [0.15, 0.2) is 0 Å². The van der Waals surface area contributed by atoms with E-state index in [0.29, 0.717) is 11.5 Å². The molecular formula is C13H20N2O5S. The number of hydrogen-bond donors (Lipinski definition) is 1. The largest absolute Gasteiger partial charge is 0.492 e. The summed E-state index contributed by atoms with van der Waals surface area (Å²) >= 11 is 0. The highest BCUT2D eigenvalue weighted by molar-refractivity contribution is 7.88. The van der Waals surface area contributed by atoms with Crippen molar-refractivity contribution in [3.63, 3.8) is 0 Å². The fraction of sp³-hybridized carbons (Fsp3) is 0.692. The smallest absolute Gasteiger partial charge is 0.238 e. The number of allylic oxidation sites excluding steroid dienone is 1. The van der Waals surface area contributed by atoms with Crippen molar-refractivity contribution in [1.82, 2.24) is 4.72 Å². The minimum Gasteiger partial charge on any atom is -0.492 e. The van der Waals surface area contributed by atoms with Crippen LogP contribution in [0.2, 0.25) is 0 Å². The summed E-state index contributed by atoms with van der Waals surface area (Å²) in [5.74, 6) is 0.372. The molecule has 0 spiro atoms. The van der Waals surface area contributed by atoms with Crippen LogP contribution < -0.4 is 4.72 Å². The second kappa shape index (κ2) is 6.46. The quantitative estimate of drug-likeness (QED) is 0.615. The molecule has 1 N–H and O–H groups in total. The Labute approximate surface area is 124 Å². The first-order valence-electron chi connectivity index (χ1n) is 7.04. The molecule has 0 amide bonds. The summed E-state index contributed by atoms with van der Waals surface area (Å²) in [5, 5.41) is 10.9. The van der Waals surface area contributed by atoms with Gasteiger partial charge in [0.05, 0.1) is 24.5 Å². The highest BCUT2D eigenvalue weighted by Gasteiger charge is 2.28. The number of nitrogens with one attached hydrogen (secondary N) is 1. The summed E-state index contributed by atoms with van der Waals surface area (Å²) in [6.45, 7) is 0. The Balaban J connectivity index is 2.17. The third-order valence-corrected chi connectivity index (χ3v) is 4.20. The predicted octanol–water partition coefficient (Wildman–Crippen LogP) is 1.70. The SMILES string of the molecule is CS(=O)(=O)NC1=C(OC2CCCCC2)CC([N+](=O)[O-])C=C1. The van der Waals surface area contributed by atoms with Crippen LogP contribution in [0.1, 0.15) is 38.5 Å². The molecule has 21 heavy (non-hydrogen) atoms. The van der Waals surface area contributed by atoms with Gasteiger partial charge in [-0.1, -0.05) is 6.42 Å². The van der Waals surface area contributed by atoms with Gasteiger partial charge in [-0.3, -0.25) is 14.8 Å². The minimum absolute atomic E-state index is 0.0176. The zero-order chi connectivity index (χ0) is 15.5. The van der Waals surface area contributed by atoms with Gasteiger partial charge in [0.1, 0.15) is 5.76 Å². The molecule has 0 bridgehead atoms. The second-order valence-corrected chi connectivity index (χ2v) is 7.25. The van der Waals surface area contributed by atoms with Crippen molar-refractivity contribution in [3.05, 3.63) is 33.7 Å². The molecule has 1 saturated carbocycles. The van der Waals surface area contributed by atoms with E-state index in [9.17, 15) is 18.5 Å². The Morgan fingerprint density at radius 2 is 2.00 bits per heavy atom. The molecule has 2 aliphatic carbocycles. The van der Waals surface area contributed by atoms with Crippen molar-refractivity contribution in [2.45, 2.75) is 50.7 Å². The zero-order valence-corrected chi connectivity index (χ0v) is 12.8. The molecule has 118 valence electrons. The van der Waals surface area contributed by atoms with E-state index in [1.165, 1.54) is 18.6 Å². The molecule has 0 aromatic rings. The molecule has 0 heterocycles. The average Bonchev–Trinajstić information content (AvgIpc) is 2.40. The number of nitrogens with zero attached hydrogens (tertiary/aromatic N) is 1. The van der Waals surface area contributed by atoms with Crippen LogP contribution in [0, 0.1) is 10.1 Å². The number of nitro groups is 1. The summed E-state index contributed by atoms with van der Waals surface area (Å²) in [6, 6.07) is -0.867. The number of ether oxygens (including phenoxy) is 1. The fourth-order valence-corrected chi connectivity index (χ4v) is 3.18. The van der Waals surface area contributed by atoms with Crippen molar-refractivity contribution >= 4 is 10.0 Å². The second-order valence-electron chi connectivity index (χ2n) is 5.50. The lowest BCUT2D eigenvalue weighted by atomic mass is 9.97. The fourth-order valence-electron chi connectivity index (χ4n) is 2.60. The van der Waals surface area contributed by atoms with Crippen LogP contribution in [0.25, 0.3) is 0 Å². The summed E-state index contributed by atoms with van der Waals surface area (Å²) in [7, 11) is -3.44. The molecule has 0 radical (unpaired) electrons. The van der Waals surface area contributed by atoms with Gasteiger partial charge in [-0.25, -0.2) is 8.42 Å². The van der Waals surface area contributed by atoms with E-state index in [1.807, 2.05) is 0 Å².